The van der Waals surface area contributed by atoms with Crippen molar-refractivity contribution in [3.63, 3.8) is 0 Å². The predicted molar refractivity (Wildman–Crippen MR) is 73.1 cm³/mol. The summed E-state index contributed by atoms with van der Waals surface area (Å²) >= 11 is 0. The van der Waals surface area contributed by atoms with Gasteiger partial charge < -0.3 is 14.5 Å². The van der Waals surface area contributed by atoms with Gasteiger partial charge in [-0.1, -0.05) is 19.1 Å². The number of para-hydroxylation sites is 1. The monoisotopic (exact) mass is 259 g/mol. The predicted octanol–water partition coefficient (Wildman–Crippen LogP) is 3.63. The Balaban J connectivity index is 2.25. The van der Waals surface area contributed by atoms with Crippen LogP contribution in [0.1, 0.15) is 35.5 Å². The highest BCUT2D eigenvalue weighted by atomic mass is 16.5. The normalized spacial score (nSPS) is 11.9. The molecule has 0 spiro atoms. The molecule has 2 aromatic rings. The molecule has 0 radical (unpaired) electrons. The molecule has 1 N–H and O–H groups in total. The number of hydrogen-bond donors (Lipinski definition) is 1. The molecule has 19 heavy (non-hydrogen) atoms. The Morgan fingerprint density at radius 1 is 1.32 bits per heavy atom. The standard InChI is InChI=1S/C15H17NO3/c1-3-12(14-9-6-10-19-14)16-13-8-5-4-7-11(13)15(17)18-2/h4-10,12,16H,3H2,1-2H3. The first-order chi connectivity index (χ1) is 9.26. The molecule has 1 unspecified atom stereocenters. The van der Waals surface area contributed by atoms with Crippen molar-refractivity contribution in [2.75, 3.05) is 12.4 Å². The van der Waals surface area contributed by atoms with Crippen LogP contribution in [-0.4, -0.2) is 13.1 Å². The van der Waals surface area contributed by atoms with Crippen LogP contribution in [0.2, 0.25) is 0 Å². The second kappa shape index (κ2) is 6.09. The molecule has 100 valence electrons. The lowest BCUT2D eigenvalue weighted by Crippen LogP contribution is -2.13. The minimum Gasteiger partial charge on any atom is -0.467 e. The first kappa shape index (κ1) is 13.2. The topological polar surface area (TPSA) is 51.5 Å². The number of benzene rings is 1. The zero-order chi connectivity index (χ0) is 13.7. The van der Waals surface area contributed by atoms with E-state index in [0.717, 1.165) is 17.9 Å². The van der Waals surface area contributed by atoms with Gasteiger partial charge in [-0.25, -0.2) is 4.79 Å². The summed E-state index contributed by atoms with van der Waals surface area (Å²) in [5.74, 6) is 0.500. The van der Waals surface area contributed by atoms with E-state index in [0.29, 0.717) is 5.56 Å². The lowest BCUT2D eigenvalue weighted by molar-refractivity contribution is 0.0601. The smallest absolute Gasteiger partial charge is 0.339 e. The van der Waals surface area contributed by atoms with Gasteiger partial charge in [0, 0.05) is 5.69 Å². The molecule has 0 amide bonds. The molecule has 0 aliphatic heterocycles. The summed E-state index contributed by atoms with van der Waals surface area (Å²) in [6.07, 6.45) is 2.49. The van der Waals surface area contributed by atoms with E-state index >= 15 is 0 Å². The van der Waals surface area contributed by atoms with Crippen LogP contribution in [-0.2, 0) is 4.74 Å². The van der Waals surface area contributed by atoms with Crippen LogP contribution in [0, 0.1) is 0 Å². The first-order valence-corrected chi connectivity index (χ1v) is 6.23. The molecule has 0 aliphatic carbocycles. The summed E-state index contributed by atoms with van der Waals surface area (Å²) < 4.78 is 10.2. The number of furan rings is 1. The van der Waals surface area contributed by atoms with Crippen LogP contribution in [0.3, 0.4) is 0 Å². The Hall–Kier alpha value is -2.23. The van der Waals surface area contributed by atoms with Crippen LogP contribution >= 0.6 is 0 Å². The highest BCUT2D eigenvalue weighted by Gasteiger charge is 2.16. The van der Waals surface area contributed by atoms with Crippen LogP contribution in [0.25, 0.3) is 0 Å². The molecule has 1 aromatic carbocycles. The molecule has 0 bridgehead atoms. The van der Waals surface area contributed by atoms with E-state index in [1.54, 1.807) is 12.3 Å². The van der Waals surface area contributed by atoms with Crippen molar-refractivity contribution in [3.05, 3.63) is 54.0 Å². The number of methoxy groups -OCH3 is 1. The average molecular weight is 259 g/mol. The summed E-state index contributed by atoms with van der Waals surface area (Å²) in [6, 6.07) is 11.1. The van der Waals surface area contributed by atoms with E-state index in [4.69, 9.17) is 9.15 Å². The maximum Gasteiger partial charge on any atom is 0.339 e. The molecule has 4 heteroatoms. The summed E-state index contributed by atoms with van der Waals surface area (Å²) in [4.78, 5) is 11.7. The van der Waals surface area contributed by atoms with Gasteiger partial charge in [-0.3, -0.25) is 0 Å². The molecule has 4 nitrogen and oxygen atoms in total. The van der Waals surface area contributed by atoms with E-state index < -0.39 is 0 Å². The van der Waals surface area contributed by atoms with Crippen molar-refractivity contribution in [1.29, 1.82) is 0 Å². The average Bonchev–Trinajstić information content (AvgIpc) is 2.98. The minimum atomic E-state index is -0.350. The van der Waals surface area contributed by atoms with Crippen LogP contribution in [0.5, 0.6) is 0 Å². The number of ether oxygens (including phenoxy) is 1. The highest BCUT2D eigenvalue weighted by molar-refractivity contribution is 5.95. The van der Waals surface area contributed by atoms with Crippen molar-refractivity contribution >= 4 is 11.7 Å². The summed E-state index contributed by atoms with van der Waals surface area (Å²) in [6.45, 7) is 2.06. The number of hydrogen-bond acceptors (Lipinski definition) is 4. The molecule has 1 atom stereocenters. The third-order valence-electron chi connectivity index (χ3n) is 2.96. The summed E-state index contributed by atoms with van der Waals surface area (Å²) in [7, 11) is 1.38. The van der Waals surface area contributed by atoms with Crippen molar-refractivity contribution in [2.45, 2.75) is 19.4 Å². The molecule has 0 fully saturated rings. The first-order valence-electron chi connectivity index (χ1n) is 6.23. The number of nitrogens with one attached hydrogen (secondary N) is 1. The van der Waals surface area contributed by atoms with Crippen LogP contribution in [0.4, 0.5) is 5.69 Å². The third kappa shape index (κ3) is 2.96. The largest absolute Gasteiger partial charge is 0.467 e. The van der Waals surface area contributed by atoms with Gasteiger partial charge in [0.2, 0.25) is 0 Å². The van der Waals surface area contributed by atoms with Crippen LogP contribution in [0.15, 0.2) is 47.1 Å². The Labute approximate surface area is 112 Å². The quantitative estimate of drug-likeness (QED) is 0.833. The molecule has 0 saturated heterocycles. The van der Waals surface area contributed by atoms with Crippen molar-refractivity contribution in [2.24, 2.45) is 0 Å². The number of esters is 1. The third-order valence-corrected chi connectivity index (χ3v) is 2.96. The molecule has 1 heterocycles. The maximum atomic E-state index is 11.7. The zero-order valence-corrected chi connectivity index (χ0v) is 11.1. The maximum absolute atomic E-state index is 11.7. The van der Waals surface area contributed by atoms with Crippen molar-refractivity contribution < 1.29 is 13.9 Å². The number of anilines is 1. The van der Waals surface area contributed by atoms with Gasteiger partial charge in [0.05, 0.1) is 25.0 Å². The molecule has 0 saturated carbocycles. The number of carbonyl (C=O) groups excluding carboxylic acids is 1. The summed E-state index contributed by atoms with van der Waals surface area (Å²) in [5, 5.41) is 3.32. The Morgan fingerprint density at radius 2 is 2.11 bits per heavy atom. The summed E-state index contributed by atoms with van der Waals surface area (Å²) in [5.41, 5.74) is 1.27. The molecular formula is C15H17NO3. The Kier molecular flexibility index (Phi) is 4.23. The van der Waals surface area contributed by atoms with E-state index in [9.17, 15) is 4.79 Å². The second-order valence-electron chi connectivity index (χ2n) is 4.16. The van der Waals surface area contributed by atoms with E-state index in [1.807, 2.05) is 30.3 Å². The molecular weight excluding hydrogens is 242 g/mol. The van der Waals surface area contributed by atoms with E-state index in [-0.39, 0.29) is 12.0 Å². The fraction of sp³-hybridized carbons (Fsp3) is 0.267. The Morgan fingerprint density at radius 3 is 2.74 bits per heavy atom. The lowest BCUT2D eigenvalue weighted by atomic mass is 10.1. The highest BCUT2D eigenvalue weighted by Crippen LogP contribution is 2.25. The molecule has 1 aromatic heterocycles. The minimum absolute atomic E-state index is 0.0285. The fourth-order valence-corrected chi connectivity index (χ4v) is 1.95. The Bertz CT molecular complexity index is 534. The SMILES string of the molecule is CCC(Nc1ccccc1C(=O)OC)c1ccco1. The van der Waals surface area contributed by atoms with Gasteiger partial charge in [-0.2, -0.15) is 0 Å². The van der Waals surface area contributed by atoms with Gasteiger partial charge in [0.1, 0.15) is 5.76 Å². The molecule has 0 aliphatic rings. The second-order valence-corrected chi connectivity index (χ2v) is 4.16. The van der Waals surface area contributed by atoms with E-state index in [2.05, 4.69) is 12.2 Å². The van der Waals surface area contributed by atoms with Gasteiger partial charge in [-0.15, -0.1) is 0 Å². The number of rotatable bonds is 5. The lowest BCUT2D eigenvalue weighted by Gasteiger charge is -2.18. The van der Waals surface area contributed by atoms with Crippen LogP contribution < -0.4 is 5.32 Å². The van der Waals surface area contributed by atoms with Gasteiger partial charge in [0.25, 0.3) is 0 Å². The van der Waals surface area contributed by atoms with Crippen molar-refractivity contribution in [3.8, 4) is 0 Å². The van der Waals surface area contributed by atoms with E-state index in [1.165, 1.54) is 7.11 Å². The number of carbonyl (C=O) groups is 1. The zero-order valence-electron chi connectivity index (χ0n) is 11.1. The van der Waals surface area contributed by atoms with Gasteiger partial charge in [0.15, 0.2) is 0 Å². The van der Waals surface area contributed by atoms with Gasteiger partial charge in [-0.05, 0) is 30.7 Å². The fourth-order valence-electron chi connectivity index (χ4n) is 1.95. The van der Waals surface area contributed by atoms with Gasteiger partial charge >= 0.3 is 5.97 Å². The molecule has 2 rings (SSSR count). The van der Waals surface area contributed by atoms with Crippen molar-refractivity contribution in [1.82, 2.24) is 0 Å².